The van der Waals surface area contributed by atoms with E-state index in [2.05, 4.69) is 25.6 Å². The fourth-order valence-corrected chi connectivity index (χ4v) is 1.48. The van der Waals surface area contributed by atoms with Crippen LogP contribution in [0.3, 0.4) is 0 Å². The Hall–Kier alpha value is -2.11. The molecule has 2 aromatic heterocycles. The minimum absolute atomic E-state index is 0.511. The molecular formula is C12H17N5O. The van der Waals surface area contributed by atoms with Crippen molar-refractivity contribution in [2.75, 3.05) is 17.2 Å². The third-order valence-electron chi connectivity index (χ3n) is 2.48. The molecule has 0 bridgehead atoms. The Bertz CT molecular complexity index is 503. The Kier molecular flexibility index (Phi) is 3.76. The number of nitrogens with one attached hydrogen (secondary N) is 2. The summed E-state index contributed by atoms with van der Waals surface area (Å²) in [5.74, 6) is 2.87. The lowest BCUT2D eigenvalue weighted by molar-refractivity contribution is 0.478. The number of rotatable bonds is 5. The smallest absolute Gasteiger partial charge is 0.224 e. The maximum absolute atomic E-state index is 5.48. The zero-order chi connectivity index (χ0) is 13.0. The van der Waals surface area contributed by atoms with Crippen LogP contribution in [0.2, 0.25) is 0 Å². The van der Waals surface area contributed by atoms with Gasteiger partial charge >= 0.3 is 0 Å². The molecule has 0 aliphatic carbocycles. The lowest BCUT2D eigenvalue weighted by Crippen LogP contribution is -2.06. The van der Waals surface area contributed by atoms with Crippen LogP contribution in [0.15, 0.2) is 16.7 Å². The lowest BCUT2D eigenvalue weighted by atomic mass is 10.4. The first-order chi connectivity index (χ1) is 8.69. The SMILES string of the molecule is CCNc1nccc(NCc2nc(C)c(C)o2)n1. The van der Waals surface area contributed by atoms with Crippen LogP contribution in [0.25, 0.3) is 0 Å². The van der Waals surface area contributed by atoms with Gasteiger partial charge < -0.3 is 15.1 Å². The average Bonchev–Trinajstić information content (AvgIpc) is 2.67. The molecule has 0 saturated carbocycles. The van der Waals surface area contributed by atoms with E-state index >= 15 is 0 Å². The second kappa shape index (κ2) is 5.48. The van der Waals surface area contributed by atoms with Crippen molar-refractivity contribution in [3.8, 4) is 0 Å². The van der Waals surface area contributed by atoms with Crippen LogP contribution in [0.4, 0.5) is 11.8 Å². The molecule has 2 rings (SSSR count). The standard InChI is InChI=1S/C12H17N5O/c1-4-13-12-14-6-5-10(17-12)15-7-11-16-8(2)9(3)18-11/h5-6H,4,7H2,1-3H3,(H2,13,14,15,17). The number of hydrogen-bond donors (Lipinski definition) is 2. The van der Waals surface area contributed by atoms with Crippen LogP contribution >= 0.6 is 0 Å². The quantitative estimate of drug-likeness (QED) is 0.843. The van der Waals surface area contributed by atoms with Crippen molar-refractivity contribution in [3.05, 3.63) is 29.6 Å². The van der Waals surface area contributed by atoms with E-state index in [0.29, 0.717) is 18.4 Å². The van der Waals surface area contributed by atoms with Crippen molar-refractivity contribution in [2.45, 2.75) is 27.3 Å². The molecule has 0 aromatic carbocycles. The van der Waals surface area contributed by atoms with Crippen molar-refractivity contribution < 1.29 is 4.42 Å². The fourth-order valence-electron chi connectivity index (χ4n) is 1.48. The molecule has 0 fully saturated rings. The Morgan fingerprint density at radius 1 is 1.22 bits per heavy atom. The molecule has 0 radical (unpaired) electrons. The topological polar surface area (TPSA) is 75.9 Å². The molecule has 2 N–H and O–H groups in total. The lowest BCUT2D eigenvalue weighted by Gasteiger charge is -2.05. The van der Waals surface area contributed by atoms with E-state index in [-0.39, 0.29) is 0 Å². The van der Waals surface area contributed by atoms with Crippen molar-refractivity contribution in [3.63, 3.8) is 0 Å². The van der Waals surface area contributed by atoms with Crippen molar-refractivity contribution in [2.24, 2.45) is 0 Å². The summed E-state index contributed by atoms with van der Waals surface area (Å²) in [6.45, 7) is 7.14. The monoisotopic (exact) mass is 247 g/mol. The zero-order valence-corrected chi connectivity index (χ0v) is 10.8. The molecule has 0 aliphatic rings. The molecule has 0 atom stereocenters. The van der Waals surface area contributed by atoms with Crippen LogP contribution in [0.5, 0.6) is 0 Å². The highest BCUT2D eigenvalue weighted by atomic mass is 16.4. The van der Waals surface area contributed by atoms with E-state index in [1.54, 1.807) is 6.20 Å². The Labute approximate surface area is 106 Å². The predicted molar refractivity (Wildman–Crippen MR) is 69.5 cm³/mol. The number of aromatic nitrogens is 3. The summed E-state index contributed by atoms with van der Waals surface area (Å²) in [5, 5.41) is 6.21. The van der Waals surface area contributed by atoms with Crippen LogP contribution < -0.4 is 10.6 Å². The van der Waals surface area contributed by atoms with Gasteiger partial charge in [-0.15, -0.1) is 0 Å². The summed E-state index contributed by atoms with van der Waals surface area (Å²) in [6, 6.07) is 1.81. The number of hydrogen-bond acceptors (Lipinski definition) is 6. The summed E-state index contributed by atoms with van der Waals surface area (Å²) in [6.07, 6.45) is 1.71. The van der Waals surface area contributed by atoms with Gasteiger partial charge in [-0.05, 0) is 26.8 Å². The molecule has 0 unspecified atom stereocenters. The molecule has 0 amide bonds. The van der Waals surface area contributed by atoms with Gasteiger partial charge in [0.1, 0.15) is 11.6 Å². The maximum atomic E-state index is 5.48. The Morgan fingerprint density at radius 2 is 2.06 bits per heavy atom. The van der Waals surface area contributed by atoms with Gasteiger partial charge in [-0.3, -0.25) is 0 Å². The van der Waals surface area contributed by atoms with E-state index in [9.17, 15) is 0 Å². The minimum atomic E-state index is 0.511. The molecule has 96 valence electrons. The third-order valence-corrected chi connectivity index (χ3v) is 2.48. The molecule has 18 heavy (non-hydrogen) atoms. The second-order valence-corrected chi connectivity index (χ2v) is 3.90. The number of oxazole rings is 1. The summed E-state index contributed by atoms with van der Waals surface area (Å²) in [7, 11) is 0. The van der Waals surface area contributed by atoms with E-state index in [1.807, 2.05) is 26.8 Å². The minimum Gasteiger partial charge on any atom is -0.444 e. The van der Waals surface area contributed by atoms with Gasteiger partial charge in [-0.1, -0.05) is 0 Å². The van der Waals surface area contributed by atoms with E-state index in [4.69, 9.17) is 4.42 Å². The highest BCUT2D eigenvalue weighted by Crippen LogP contribution is 2.11. The molecule has 6 heteroatoms. The van der Waals surface area contributed by atoms with Crippen LogP contribution in [-0.2, 0) is 6.54 Å². The number of anilines is 2. The zero-order valence-electron chi connectivity index (χ0n) is 10.8. The first-order valence-corrected chi connectivity index (χ1v) is 5.92. The van der Waals surface area contributed by atoms with Crippen molar-refractivity contribution in [1.29, 1.82) is 0 Å². The first-order valence-electron chi connectivity index (χ1n) is 5.92. The summed E-state index contributed by atoms with van der Waals surface area (Å²) in [4.78, 5) is 12.7. The molecule has 0 aliphatic heterocycles. The average molecular weight is 247 g/mol. The van der Waals surface area contributed by atoms with Gasteiger partial charge in [0.2, 0.25) is 11.8 Å². The largest absolute Gasteiger partial charge is 0.444 e. The van der Waals surface area contributed by atoms with Gasteiger partial charge in [-0.2, -0.15) is 4.98 Å². The number of nitrogens with zero attached hydrogens (tertiary/aromatic N) is 3. The van der Waals surface area contributed by atoms with Crippen LogP contribution in [-0.4, -0.2) is 21.5 Å². The van der Waals surface area contributed by atoms with Crippen molar-refractivity contribution in [1.82, 2.24) is 15.0 Å². The normalized spacial score (nSPS) is 10.4. The van der Waals surface area contributed by atoms with Gasteiger partial charge in [0.25, 0.3) is 0 Å². The Morgan fingerprint density at radius 3 is 2.72 bits per heavy atom. The van der Waals surface area contributed by atoms with Crippen molar-refractivity contribution >= 4 is 11.8 Å². The fraction of sp³-hybridized carbons (Fsp3) is 0.417. The number of aryl methyl sites for hydroxylation is 2. The summed E-state index contributed by atoms with van der Waals surface area (Å²) >= 11 is 0. The van der Waals surface area contributed by atoms with Gasteiger partial charge in [0.15, 0.2) is 0 Å². The third kappa shape index (κ3) is 2.97. The molecule has 0 spiro atoms. The maximum Gasteiger partial charge on any atom is 0.224 e. The second-order valence-electron chi connectivity index (χ2n) is 3.90. The Balaban J connectivity index is 1.99. The highest BCUT2D eigenvalue weighted by molar-refractivity contribution is 5.39. The summed E-state index contributed by atoms with van der Waals surface area (Å²) in [5.41, 5.74) is 0.919. The molecule has 6 nitrogen and oxygen atoms in total. The molecule has 2 aromatic rings. The first kappa shape index (κ1) is 12.3. The summed E-state index contributed by atoms with van der Waals surface area (Å²) < 4.78 is 5.48. The predicted octanol–water partition coefficient (Wildman–Crippen LogP) is 2.13. The van der Waals surface area contributed by atoms with E-state index in [1.165, 1.54) is 0 Å². The van der Waals surface area contributed by atoms with Crippen LogP contribution in [0, 0.1) is 13.8 Å². The van der Waals surface area contributed by atoms with Gasteiger partial charge in [0.05, 0.1) is 12.2 Å². The van der Waals surface area contributed by atoms with E-state index in [0.717, 1.165) is 23.8 Å². The van der Waals surface area contributed by atoms with Crippen LogP contribution in [0.1, 0.15) is 24.3 Å². The highest BCUT2D eigenvalue weighted by Gasteiger charge is 2.05. The molecule has 2 heterocycles. The van der Waals surface area contributed by atoms with E-state index < -0.39 is 0 Å². The van der Waals surface area contributed by atoms with Gasteiger partial charge in [-0.25, -0.2) is 9.97 Å². The van der Waals surface area contributed by atoms with Gasteiger partial charge in [0, 0.05) is 12.7 Å². The molecular weight excluding hydrogens is 230 g/mol. The molecule has 0 saturated heterocycles.